The van der Waals surface area contributed by atoms with Crippen LogP contribution in [0.2, 0.25) is 5.28 Å². The fraction of sp³-hybridized carbons (Fsp3) is 0.417. The molecular weight excluding hydrogens is 552 g/mol. The minimum atomic E-state index is -4.76. The van der Waals surface area contributed by atoms with Crippen molar-refractivity contribution >= 4 is 28.6 Å². The van der Waals surface area contributed by atoms with Gasteiger partial charge in [-0.15, -0.1) is 0 Å². The molecule has 0 saturated carbocycles. The maximum atomic E-state index is 14.5. The van der Waals surface area contributed by atoms with Crippen LogP contribution < -0.4 is 4.90 Å². The fourth-order valence-corrected chi connectivity index (χ4v) is 4.88. The smallest absolute Gasteiger partial charge is 0.358 e. The normalized spacial score (nSPS) is 17.5. The third-order valence-electron chi connectivity index (χ3n) is 6.52. The number of nitrogens with zero attached hydrogens (tertiary/aromatic N) is 7. The van der Waals surface area contributed by atoms with Crippen molar-refractivity contribution in [3.63, 3.8) is 0 Å². The van der Waals surface area contributed by atoms with E-state index in [1.54, 1.807) is 4.57 Å². The van der Waals surface area contributed by atoms with Gasteiger partial charge >= 0.3 is 12.4 Å². The second-order valence-electron chi connectivity index (χ2n) is 9.20. The van der Waals surface area contributed by atoms with E-state index in [0.29, 0.717) is 13.0 Å². The van der Waals surface area contributed by atoms with E-state index in [2.05, 4.69) is 19.9 Å². The highest BCUT2D eigenvalue weighted by atomic mass is 35.5. The summed E-state index contributed by atoms with van der Waals surface area (Å²) in [6.45, 7) is 0.540. The van der Waals surface area contributed by atoms with Crippen molar-refractivity contribution in [2.45, 2.75) is 43.9 Å². The minimum Gasteiger partial charge on any atom is -0.358 e. The molecule has 0 N–H and O–H groups in total. The van der Waals surface area contributed by atoms with Crippen LogP contribution in [-0.4, -0.2) is 48.9 Å². The number of imidazole rings is 2. The van der Waals surface area contributed by atoms with Gasteiger partial charge in [-0.2, -0.15) is 36.3 Å². The SMILES string of the molecule is CN(c1nc(Cl)nc2c1ncn2C1CCCCO1)[C@H](c1ccc(-c2nc(C(F)(F)F)cn2C)cc1)C(F)(F)F. The lowest BCUT2D eigenvalue weighted by Gasteiger charge is -2.31. The van der Waals surface area contributed by atoms with E-state index in [4.69, 9.17) is 16.3 Å². The lowest BCUT2D eigenvalue weighted by atomic mass is 10.0. The molecule has 0 radical (unpaired) electrons. The number of halogens is 7. The van der Waals surface area contributed by atoms with Crippen LogP contribution in [0, 0.1) is 0 Å². The summed E-state index contributed by atoms with van der Waals surface area (Å²) >= 11 is 6.14. The first-order valence-corrected chi connectivity index (χ1v) is 12.2. The van der Waals surface area contributed by atoms with E-state index in [-0.39, 0.29) is 45.4 Å². The molecule has 1 saturated heterocycles. The van der Waals surface area contributed by atoms with Crippen LogP contribution in [0.4, 0.5) is 32.2 Å². The first kappa shape index (κ1) is 27.2. The van der Waals surface area contributed by atoms with Crippen LogP contribution in [0.3, 0.4) is 0 Å². The molecule has 4 aromatic rings. The van der Waals surface area contributed by atoms with Gasteiger partial charge in [-0.25, -0.2) is 9.97 Å². The second-order valence-corrected chi connectivity index (χ2v) is 9.54. The van der Waals surface area contributed by atoms with Crippen LogP contribution in [0.1, 0.15) is 42.8 Å². The Morgan fingerprint density at radius 1 is 1.05 bits per heavy atom. The van der Waals surface area contributed by atoms with Gasteiger partial charge in [-0.05, 0) is 36.4 Å². The van der Waals surface area contributed by atoms with Crippen molar-refractivity contribution in [1.29, 1.82) is 0 Å². The van der Waals surface area contributed by atoms with Crippen molar-refractivity contribution in [2.24, 2.45) is 7.05 Å². The van der Waals surface area contributed by atoms with Gasteiger partial charge in [0.05, 0.1) is 6.33 Å². The molecule has 2 atom stereocenters. The summed E-state index contributed by atoms with van der Waals surface area (Å²) in [5, 5.41) is -0.256. The number of hydrogen-bond donors (Lipinski definition) is 0. The molecular formula is C24H22ClF6N7O. The Morgan fingerprint density at radius 2 is 1.77 bits per heavy atom. The Morgan fingerprint density at radius 3 is 2.36 bits per heavy atom. The van der Waals surface area contributed by atoms with Crippen molar-refractivity contribution in [3.8, 4) is 11.4 Å². The lowest BCUT2D eigenvalue weighted by Crippen LogP contribution is -2.36. The molecule has 1 aromatic carbocycles. The van der Waals surface area contributed by atoms with Crippen molar-refractivity contribution in [1.82, 2.24) is 29.1 Å². The zero-order valence-corrected chi connectivity index (χ0v) is 21.4. The van der Waals surface area contributed by atoms with E-state index in [1.807, 2.05) is 0 Å². The van der Waals surface area contributed by atoms with Crippen LogP contribution >= 0.6 is 11.6 Å². The largest absolute Gasteiger partial charge is 0.434 e. The molecule has 208 valence electrons. The van der Waals surface area contributed by atoms with Gasteiger partial charge in [0.2, 0.25) is 5.28 Å². The molecule has 1 unspecified atom stereocenters. The first-order valence-electron chi connectivity index (χ1n) is 11.9. The number of aromatic nitrogens is 6. The number of anilines is 1. The maximum absolute atomic E-state index is 14.5. The molecule has 3 aromatic heterocycles. The van der Waals surface area contributed by atoms with Gasteiger partial charge < -0.3 is 14.2 Å². The standard InChI is InChI=1S/C24H22ClF6N7O/c1-36-11-15(23(26,27)28)33-19(36)14-8-6-13(7-9-14)18(24(29,30)31)37(2)20-17-21(35-22(25)34-20)38(12-32-17)16-5-3-4-10-39-16/h6-9,11-12,16,18H,3-5,10H2,1-2H3/t16?,18-/m1/s1. The summed E-state index contributed by atoms with van der Waals surface area (Å²) in [6, 6.07) is 2.80. The number of rotatable bonds is 5. The van der Waals surface area contributed by atoms with Gasteiger partial charge in [0, 0.05) is 32.5 Å². The number of hydrogen-bond acceptors (Lipinski definition) is 6. The van der Waals surface area contributed by atoms with Crippen molar-refractivity contribution < 1.29 is 31.1 Å². The van der Waals surface area contributed by atoms with Crippen LogP contribution in [-0.2, 0) is 18.0 Å². The first-order chi connectivity index (χ1) is 18.3. The zero-order chi connectivity index (χ0) is 28.1. The van der Waals surface area contributed by atoms with Gasteiger partial charge in [0.25, 0.3) is 0 Å². The molecule has 0 spiro atoms. The predicted molar refractivity (Wildman–Crippen MR) is 130 cm³/mol. The van der Waals surface area contributed by atoms with Crippen molar-refractivity contribution in [2.75, 3.05) is 18.6 Å². The van der Waals surface area contributed by atoms with Gasteiger partial charge in [0.15, 0.2) is 28.7 Å². The molecule has 1 aliphatic rings. The third-order valence-corrected chi connectivity index (χ3v) is 6.69. The Bertz CT molecular complexity index is 1480. The van der Waals surface area contributed by atoms with Crippen molar-refractivity contribution in [3.05, 3.63) is 53.3 Å². The Balaban J connectivity index is 1.52. The summed E-state index contributed by atoms with van der Waals surface area (Å²) in [5.41, 5.74) is -0.680. The molecule has 1 fully saturated rings. The highest BCUT2D eigenvalue weighted by Crippen LogP contribution is 2.41. The highest BCUT2D eigenvalue weighted by molar-refractivity contribution is 6.28. The lowest BCUT2D eigenvalue weighted by molar-refractivity contribution is -0.149. The van der Waals surface area contributed by atoms with E-state index in [0.717, 1.165) is 28.5 Å². The van der Waals surface area contributed by atoms with Gasteiger partial charge in [-0.3, -0.25) is 4.57 Å². The monoisotopic (exact) mass is 573 g/mol. The molecule has 5 rings (SSSR count). The number of aryl methyl sites for hydroxylation is 1. The van der Waals surface area contributed by atoms with E-state index < -0.39 is 24.1 Å². The molecule has 0 aliphatic carbocycles. The molecule has 39 heavy (non-hydrogen) atoms. The maximum Gasteiger partial charge on any atom is 0.434 e. The quantitative estimate of drug-likeness (QED) is 0.205. The molecule has 4 heterocycles. The molecule has 15 heteroatoms. The number of ether oxygens (including phenoxy) is 1. The second kappa shape index (κ2) is 9.97. The summed E-state index contributed by atoms with van der Waals surface area (Å²) in [7, 11) is 2.59. The summed E-state index contributed by atoms with van der Waals surface area (Å²) in [6.07, 6.45) is -5.01. The fourth-order valence-electron chi connectivity index (χ4n) is 4.72. The predicted octanol–water partition coefficient (Wildman–Crippen LogP) is 6.34. The van der Waals surface area contributed by atoms with Crippen LogP contribution in [0.15, 0.2) is 36.8 Å². The molecule has 8 nitrogen and oxygen atoms in total. The van der Waals surface area contributed by atoms with E-state index in [9.17, 15) is 26.3 Å². The zero-order valence-electron chi connectivity index (χ0n) is 20.6. The van der Waals surface area contributed by atoms with E-state index >= 15 is 0 Å². The molecule has 0 bridgehead atoms. The Hall–Kier alpha value is -3.39. The number of fused-ring (bicyclic) bond motifs is 1. The summed E-state index contributed by atoms with van der Waals surface area (Å²) in [5.74, 6) is -0.171. The Labute approximate surface area is 223 Å². The third kappa shape index (κ3) is 5.26. The molecule has 1 aliphatic heterocycles. The highest BCUT2D eigenvalue weighted by Gasteiger charge is 2.45. The summed E-state index contributed by atoms with van der Waals surface area (Å²) < 4.78 is 91.1. The molecule has 0 amide bonds. The average molecular weight is 574 g/mol. The number of benzene rings is 1. The Kier molecular flexibility index (Phi) is 6.95. The van der Waals surface area contributed by atoms with Crippen LogP contribution in [0.25, 0.3) is 22.6 Å². The van der Waals surface area contributed by atoms with E-state index in [1.165, 1.54) is 44.7 Å². The van der Waals surface area contributed by atoms with Gasteiger partial charge in [0.1, 0.15) is 12.1 Å². The van der Waals surface area contributed by atoms with Gasteiger partial charge in [-0.1, -0.05) is 24.3 Å². The topological polar surface area (TPSA) is 73.9 Å². The summed E-state index contributed by atoms with van der Waals surface area (Å²) in [4.78, 5) is 17.1. The number of alkyl halides is 6. The minimum absolute atomic E-state index is 0.0365. The average Bonchev–Trinajstić information content (AvgIpc) is 3.47. The van der Waals surface area contributed by atoms with Crippen LogP contribution in [0.5, 0.6) is 0 Å².